The van der Waals surface area contributed by atoms with Gasteiger partial charge in [-0.1, -0.05) is 5.16 Å². The normalized spacial score (nSPS) is 13.9. The molecule has 0 saturated heterocycles. The lowest BCUT2D eigenvalue weighted by Gasteiger charge is -2.30. The molecule has 148 valence electrons. The smallest absolute Gasteiger partial charge is 0.374 e. The molecule has 2 amide bonds. The molecule has 0 aromatic carbocycles. The maximum absolute atomic E-state index is 13.5. The van der Waals surface area contributed by atoms with Crippen molar-refractivity contribution in [3.8, 4) is 0 Å². The molecule has 0 radical (unpaired) electrons. The van der Waals surface area contributed by atoms with Gasteiger partial charge in [0, 0.05) is 32.6 Å². The van der Waals surface area contributed by atoms with E-state index < -0.39 is 42.4 Å². The van der Waals surface area contributed by atoms with Gasteiger partial charge in [-0.2, -0.15) is 13.2 Å². The van der Waals surface area contributed by atoms with Crippen LogP contribution < -0.4 is 5.32 Å². The van der Waals surface area contributed by atoms with Crippen molar-refractivity contribution in [3.05, 3.63) is 30.0 Å². The predicted octanol–water partition coefficient (Wildman–Crippen LogP) is 0.954. The fourth-order valence-corrected chi connectivity index (χ4v) is 2.34. The molecular weight excluding hydrogens is 371 g/mol. The summed E-state index contributed by atoms with van der Waals surface area (Å²) >= 11 is 0. The van der Waals surface area contributed by atoms with Crippen LogP contribution in [0.2, 0.25) is 0 Å². The minimum absolute atomic E-state index is 0.109. The lowest BCUT2D eigenvalue weighted by molar-refractivity contribution is -0.271. The molecule has 9 nitrogen and oxygen atoms in total. The van der Waals surface area contributed by atoms with Crippen LogP contribution in [0.4, 0.5) is 19.0 Å². The molecule has 2 N–H and O–H groups in total. The van der Waals surface area contributed by atoms with Gasteiger partial charge in [0.2, 0.25) is 17.4 Å². The molecule has 2 aromatic rings. The summed E-state index contributed by atoms with van der Waals surface area (Å²) in [6.07, 6.45) is -4.18. The van der Waals surface area contributed by atoms with Crippen LogP contribution in [0.3, 0.4) is 0 Å². The number of aryl methyl sites for hydroxylation is 2. The molecule has 0 aliphatic carbocycles. The summed E-state index contributed by atoms with van der Waals surface area (Å²) in [4.78, 5) is 28.4. The number of carbonyl (C=O) groups is 2. The third-order valence-electron chi connectivity index (χ3n) is 3.77. The number of rotatable bonds is 6. The number of likely N-dealkylation sites (N-methyl/N-ethyl adjacent to an activating group) is 1. The Labute approximate surface area is 151 Å². The number of nitrogens with zero attached hydrogens (tertiary/aromatic N) is 4. The first-order chi connectivity index (χ1) is 12.4. The second-order valence-electron chi connectivity index (χ2n) is 6.02. The fourth-order valence-electron chi connectivity index (χ4n) is 2.34. The van der Waals surface area contributed by atoms with Gasteiger partial charge >= 0.3 is 6.18 Å². The summed E-state index contributed by atoms with van der Waals surface area (Å²) in [6, 6.07) is 1.43. The van der Waals surface area contributed by atoms with Gasteiger partial charge in [-0.3, -0.25) is 9.59 Å². The van der Waals surface area contributed by atoms with Crippen LogP contribution in [0.25, 0.3) is 0 Å². The molecule has 0 aliphatic rings. The Kier molecular flexibility index (Phi) is 5.59. The van der Waals surface area contributed by atoms with E-state index in [-0.39, 0.29) is 5.82 Å². The SMILES string of the molecule is Cc1cc(NC(=O)CN(C)C(=O)C[C@](O)(c2nccn2C)C(F)(F)F)no1. The fraction of sp³-hybridized carbons (Fsp3) is 0.467. The topological polar surface area (TPSA) is 113 Å². The molecule has 0 fully saturated rings. The van der Waals surface area contributed by atoms with E-state index in [4.69, 9.17) is 4.52 Å². The second-order valence-corrected chi connectivity index (χ2v) is 6.02. The van der Waals surface area contributed by atoms with E-state index in [2.05, 4.69) is 15.5 Å². The molecule has 0 saturated carbocycles. The number of imidazole rings is 1. The first-order valence-corrected chi connectivity index (χ1v) is 7.68. The number of amides is 2. The maximum atomic E-state index is 13.5. The highest BCUT2D eigenvalue weighted by atomic mass is 19.4. The molecule has 2 heterocycles. The van der Waals surface area contributed by atoms with Crippen molar-refractivity contribution in [3.63, 3.8) is 0 Å². The molecule has 0 aliphatic heterocycles. The Bertz CT molecular complexity index is 832. The summed E-state index contributed by atoms with van der Waals surface area (Å²) in [5, 5.41) is 16.1. The van der Waals surface area contributed by atoms with Crippen LogP contribution in [0.5, 0.6) is 0 Å². The maximum Gasteiger partial charge on any atom is 0.425 e. The van der Waals surface area contributed by atoms with E-state index in [0.29, 0.717) is 5.76 Å². The van der Waals surface area contributed by atoms with E-state index in [9.17, 15) is 27.9 Å². The van der Waals surface area contributed by atoms with Crippen molar-refractivity contribution in [1.82, 2.24) is 19.6 Å². The largest absolute Gasteiger partial charge is 0.425 e. The number of alkyl halides is 3. The van der Waals surface area contributed by atoms with Crippen molar-refractivity contribution in [2.45, 2.75) is 25.1 Å². The molecule has 27 heavy (non-hydrogen) atoms. The Morgan fingerprint density at radius 2 is 2.07 bits per heavy atom. The standard InChI is InChI=1S/C15H18F3N5O4/c1-9-6-10(21-27-9)20-11(24)8-23(3)12(25)7-14(26,15(16,17)18)13-19-4-5-22(13)2/h4-6,26H,7-8H2,1-3H3,(H,20,21,24)/t14-/m0/s1. The van der Waals surface area contributed by atoms with Gasteiger partial charge in [0.25, 0.3) is 0 Å². The van der Waals surface area contributed by atoms with Crippen LogP contribution in [0, 0.1) is 6.92 Å². The highest BCUT2D eigenvalue weighted by Crippen LogP contribution is 2.41. The molecule has 12 heteroatoms. The van der Waals surface area contributed by atoms with Gasteiger partial charge < -0.3 is 24.4 Å². The summed E-state index contributed by atoms with van der Waals surface area (Å²) < 4.78 is 46.1. The summed E-state index contributed by atoms with van der Waals surface area (Å²) in [5.74, 6) is -1.95. The molecule has 2 aromatic heterocycles. The molecule has 1 atom stereocenters. The first kappa shape index (κ1) is 20.4. The second kappa shape index (κ2) is 7.39. The number of nitrogens with one attached hydrogen (secondary N) is 1. The third kappa shape index (κ3) is 4.45. The average molecular weight is 389 g/mol. The zero-order valence-corrected chi connectivity index (χ0v) is 14.7. The highest BCUT2D eigenvalue weighted by Gasteiger charge is 2.58. The molecule has 0 bridgehead atoms. The van der Waals surface area contributed by atoms with E-state index in [1.54, 1.807) is 6.92 Å². The molecule has 2 rings (SSSR count). The molecule has 0 spiro atoms. The average Bonchev–Trinajstić information content (AvgIpc) is 3.14. The van der Waals surface area contributed by atoms with Crippen molar-refractivity contribution in [2.75, 3.05) is 18.9 Å². The zero-order chi connectivity index (χ0) is 20.4. The van der Waals surface area contributed by atoms with Crippen LogP contribution in [0.15, 0.2) is 23.0 Å². The van der Waals surface area contributed by atoms with Gasteiger partial charge in [0.05, 0.1) is 13.0 Å². The minimum Gasteiger partial charge on any atom is -0.374 e. The van der Waals surface area contributed by atoms with Gasteiger partial charge in [-0.15, -0.1) is 0 Å². The van der Waals surface area contributed by atoms with E-state index in [1.165, 1.54) is 19.3 Å². The quantitative estimate of drug-likeness (QED) is 0.761. The number of aliphatic hydroxyl groups is 1. The van der Waals surface area contributed by atoms with Crippen LogP contribution in [-0.2, 0) is 22.2 Å². The van der Waals surface area contributed by atoms with Gasteiger partial charge in [0.1, 0.15) is 5.76 Å². The Balaban J connectivity index is 2.08. The number of carbonyl (C=O) groups excluding carboxylic acids is 2. The van der Waals surface area contributed by atoms with Crippen molar-refractivity contribution < 1.29 is 32.4 Å². The Morgan fingerprint density at radius 1 is 1.41 bits per heavy atom. The Hall–Kier alpha value is -2.89. The van der Waals surface area contributed by atoms with Gasteiger partial charge in [-0.05, 0) is 6.92 Å². The van der Waals surface area contributed by atoms with Crippen LogP contribution in [-0.4, -0.2) is 56.3 Å². The predicted molar refractivity (Wildman–Crippen MR) is 85.3 cm³/mol. The number of hydrogen-bond donors (Lipinski definition) is 2. The van der Waals surface area contributed by atoms with E-state index in [1.807, 2.05) is 0 Å². The van der Waals surface area contributed by atoms with Crippen LogP contribution >= 0.6 is 0 Å². The monoisotopic (exact) mass is 389 g/mol. The van der Waals surface area contributed by atoms with Gasteiger partial charge in [0.15, 0.2) is 11.6 Å². The van der Waals surface area contributed by atoms with Crippen molar-refractivity contribution >= 4 is 17.6 Å². The lowest BCUT2D eigenvalue weighted by Crippen LogP contribution is -2.48. The highest BCUT2D eigenvalue weighted by molar-refractivity contribution is 5.93. The summed E-state index contributed by atoms with van der Waals surface area (Å²) in [5.41, 5.74) is -3.49. The first-order valence-electron chi connectivity index (χ1n) is 7.68. The number of hydrogen-bond acceptors (Lipinski definition) is 6. The van der Waals surface area contributed by atoms with E-state index >= 15 is 0 Å². The molecule has 0 unspecified atom stereocenters. The van der Waals surface area contributed by atoms with Crippen LogP contribution in [0.1, 0.15) is 18.0 Å². The van der Waals surface area contributed by atoms with E-state index in [0.717, 1.165) is 22.7 Å². The number of aromatic nitrogens is 3. The number of anilines is 1. The van der Waals surface area contributed by atoms with Crippen molar-refractivity contribution in [2.24, 2.45) is 7.05 Å². The van der Waals surface area contributed by atoms with Crippen molar-refractivity contribution in [1.29, 1.82) is 0 Å². The zero-order valence-electron chi connectivity index (χ0n) is 14.7. The third-order valence-corrected chi connectivity index (χ3v) is 3.77. The summed E-state index contributed by atoms with van der Waals surface area (Å²) in [6.45, 7) is 1.06. The lowest BCUT2D eigenvalue weighted by atomic mass is 9.97. The number of halogens is 3. The molecular formula is C15H18F3N5O4. The van der Waals surface area contributed by atoms with Gasteiger partial charge in [-0.25, -0.2) is 4.98 Å². The minimum atomic E-state index is -5.15. The summed E-state index contributed by atoms with van der Waals surface area (Å²) in [7, 11) is 2.41. The Morgan fingerprint density at radius 3 is 2.56 bits per heavy atom.